The van der Waals surface area contributed by atoms with Gasteiger partial charge >= 0.3 is 0 Å². The second-order valence-electron chi connectivity index (χ2n) is 7.78. The molecule has 0 aliphatic carbocycles. The Hall–Kier alpha value is -2.87. The van der Waals surface area contributed by atoms with E-state index in [9.17, 15) is 0 Å². The van der Waals surface area contributed by atoms with Crippen molar-refractivity contribution in [1.29, 1.82) is 0 Å². The summed E-state index contributed by atoms with van der Waals surface area (Å²) in [4.78, 5) is 7.55. The van der Waals surface area contributed by atoms with Crippen LogP contribution in [0.2, 0.25) is 0 Å². The molecule has 1 saturated heterocycles. The first-order valence-electron chi connectivity index (χ1n) is 9.92. The smallest absolute Gasteiger partial charge is 0.0730 e. The van der Waals surface area contributed by atoms with E-state index >= 15 is 0 Å². The summed E-state index contributed by atoms with van der Waals surface area (Å²) in [6, 6.07) is 26.0. The van der Waals surface area contributed by atoms with Gasteiger partial charge in [-0.2, -0.15) is 0 Å². The molecule has 0 N–H and O–H groups in total. The monoisotopic (exact) mass is 352 g/mol. The van der Waals surface area contributed by atoms with Gasteiger partial charge in [-0.1, -0.05) is 61.5 Å². The number of hydrogen-bond acceptors (Lipinski definition) is 2. The van der Waals surface area contributed by atoms with Gasteiger partial charge < -0.3 is 4.90 Å². The maximum absolute atomic E-state index is 5.00. The van der Waals surface area contributed by atoms with E-state index in [0.29, 0.717) is 0 Å². The van der Waals surface area contributed by atoms with E-state index in [2.05, 4.69) is 84.6 Å². The Morgan fingerprint density at radius 3 is 2.41 bits per heavy atom. The molecule has 0 spiro atoms. The zero-order valence-electron chi connectivity index (χ0n) is 15.7. The van der Waals surface area contributed by atoms with Crippen molar-refractivity contribution < 1.29 is 0 Å². The summed E-state index contributed by atoms with van der Waals surface area (Å²) in [5.74, 6) is 0.828. The van der Waals surface area contributed by atoms with Gasteiger partial charge in [0.1, 0.15) is 0 Å². The van der Waals surface area contributed by atoms with Crippen molar-refractivity contribution in [3.63, 3.8) is 0 Å². The summed E-state index contributed by atoms with van der Waals surface area (Å²) >= 11 is 0. The number of nitrogens with zero attached hydrogens (tertiary/aromatic N) is 2. The maximum atomic E-state index is 5.00. The van der Waals surface area contributed by atoms with E-state index < -0.39 is 0 Å². The van der Waals surface area contributed by atoms with Gasteiger partial charge in [0.25, 0.3) is 0 Å². The molecule has 0 saturated carbocycles. The molecule has 0 amide bonds. The topological polar surface area (TPSA) is 16.1 Å². The highest BCUT2D eigenvalue weighted by Crippen LogP contribution is 2.34. The Morgan fingerprint density at radius 2 is 1.56 bits per heavy atom. The third kappa shape index (κ3) is 3.06. The van der Waals surface area contributed by atoms with Gasteiger partial charge in [0.15, 0.2) is 0 Å². The van der Waals surface area contributed by atoms with Crippen LogP contribution >= 0.6 is 0 Å². The molecule has 0 unspecified atom stereocenters. The van der Waals surface area contributed by atoms with Crippen molar-refractivity contribution in [2.45, 2.75) is 19.8 Å². The van der Waals surface area contributed by atoms with Crippen LogP contribution in [0, 0.1) is 5.92 Å². The normalized spacial score (nSPS) is 15.5. The van der Waals surface area contributed by atoms with Crippen molar-refractivity contribution in [1.82, 2.24) is 4.98 Å². The summed E-state index contributed by atoms with van der Waals surface area (Å²) in [5, 5.41) is 3.79. The van der Waals surface area contributed by atoms with Crippen LogP contribution in [0.25, 0.3) is 32.9 Å². The van der Waals surface area contributed by atoms with Gasteiger partial charge in [0.05, 0.1) is 11.2 Å². The number of hydrogen-bond donors (Lipinski definition) is 0. The Morgan fingerprint density at radius 1 is 0.815 bits per heavy atom. The first-order chi connectivity index (χ1) is 13.3. The molecular weight excluding hydrogens is 328 g/mol. The van der Waals surface area contributed by atoms with Gasteiger partial charge in [-0.05, 0) is 47.7 Å². The van der Waals surface area contributed by atoms with Crippen molar-refractivity contribution >= 4 is 27.4 Å². The lowest BCUT2D eigenvalue weighted by molar-refractivity contribution is 0.439. The van der Waals surface area contributed by atoms with Crippen LogP contribution in [-0.4, -0.2) is 18.1 Å². The number of pyridine rings is 1. The summed E-state index contributed by atoms with van der Waals surface area (Å²) in [6.45, 7) is 4.63. The fourth-order valence-electron chi connectivity index (χ4n) is 4.16. The van der Waals surface area contributed by atoms with Crippen LogP contribution in [0.4, 0.5) is 5.69 Å². The Bertz CT molecular complexity index is 1110. The summed E-state index contributed by atoms with van der Waals surface area (Å²) in [7, 11) is 0. The third-order valence-corrected chi connectivity index (χ3v) is 5.86. The number of piperidine rings is 1. The number of anilines is 1. The first-order valence-corrected chi connectivity index (χ1v) is 9.92. The Labute approximate surface area is 160 Å². The summed E-state index contributed by atoms with van der Waals surface area (Å²) < 4.78 is 0. The highest BCUT2D eigenvalue weighted by Gasteiger charge is 2.19. The molecule has 5 rings (SSSR count). The number of rotatable bonds is 2. The number of aromatic nitrogens is 1. The molecule has 2 heteroatoms. The number of para-hydroxylation sites is 1. The van der Waals surface area contributed by atoms with Gasteiger partial charge in [-0.3, -0.25) is 0 Å². The van der Waals surface area contributed by atoms with Crippen LogP contribution in [0.3, 0.4) is 0 Å². The average molecular weight is 352 g/mol. The highest BCUT2D eigenvalue weighted by atomic mass is 15.1. The predicted molar refractivity (Wildman–Crippen MR) is 115 cm³/mol. The summed E-state index contributed by atoms with van der Waals surface area (Å²) in [5.41, 5.74) is 4.66. The highest BCUT2D eigenvalue weighted by molar-refractivity contribution is 5.95. The quantitative estimate of drug-likeness (QED) is 0.421. The lowest BCUT2D eigenvalue weighted by atomic mass is 9.97. The molecule has 134 valence electrons. The zero-order valence-corrected chi connectivity index (χ0v) is 15.7. The van der Waals surface area contributed by atoms with Gasteiger partial charge in [0, 0.05) is 29.7 Å². The molecule has 3 aromatic carbocycles. The van der Waals surface area contributed by atoms with Crippen LogP contribution in [0.5, 0.6) is 0 Å². The minimum atomic E-state index is 0.828. The third-order valence-electron chi connectivity index (χ3n) is 5.86. The zero-order chi connectivity index (χ0) is 18.2. The fourth-order valence-corrected chi connectivity index (χ4v) is 4.16. The van der Waals surface area contributed by atoms with Crippen molar-refractivity contribution in [2.24, 2.45) is 5.92 Å². The minimum Gasteiger partial charge on any atom is -0.371 e. The Balaban J connectivity index is 1.66. The Kier molecular flexibility index (Phi) is 4.05. The standard InChI is InChI=1S/C25H24N2/c1-18-12-14-27(15-13-18)25-17-24(26-23-9-5-4-8-22(23)25)21-11-10-19-6-2-3-7-20(19)16-21/h2-11,16-18H,12-15H2,1H3. The first kappa shape index (κ1) is 16.3. The largest absolute Gasteiger partial charge is 0.371 e. The van der Waals surface area contributed by atoms with Gasteiger partial charge in [0.2, 0.25) is 0 Å². The SMILES string of the molecule is CC1CCN(c2cc(-c3ccc4ccccc4c3)nc3ccccc23)CC1. The van der Waals surface area contributed by atoms with E-state index in [-0.39, 0.29) is 0 Å². The lowest BCUT2D eigenvalue weighted by Crippen LogP contribution is -2.32. The van der Waals surface area contributed by atoms with Gasteiger partial charge in [-0.25, -0.2) is 4.98 Å². The molecule has 1 fully saturated rings. The van der Waals surface area contributed by atoms with Crippen LogP contribution in [-0.2, 0) is 0 Å². The van der Waals surface area contributed by atoms with Crippen LogP contribution in [0.1, 0.15) is 19.8 Å². The van der Waals surface area contributed by atoms with Gasteiger partial charge in [-0.15, -0.1) is 0 Å². The second-order valence-corrected chi connectivity index (χ2v) is 7.78. The molecule has 1 aliphatic rings. The minimum absolute atomic E-state index is 0.828. The van der Waals surface area contributed by atoms with Crippen molar-refractivity contribution in [3.8, 4) is 11.3 Å². The lowest BCUT2D eigenvalue weighted by Gasteiger charge is -2.33. The van der Waals surface area contributed by atoms with E-state index in [4.69, 9.17) is 4.98 Å². The average Bonchev–Trinajstić information content (AvgIpc) is 2.73. The summed E-state index contributed by atoms with van der Waals surface area (Å²) in [6.07, 6.45) is 2.53. The van der Waals surface area contributed by atoms with Crippen molar-refractivity contribution in [3.05, 3.63) is 72.8 Å². The maximum Gasteiger partial charge on any atom is 0.0730 e. The number of fused-ring (bicyclic) bond motifs is 2. The molecular formula is C25H24N2. The molecule has 27 heavy (non-hydrogen) atoms. The van der Waals surface area contributed by atoms with E-state index in [0.717, 1.165) is 30.2 Å². The molecule has 2 nitrogen and oxygen atoms in total. The predicted octanol–water partition coefficient (Wildman–Crippen LogP) is 6.29. The molecule has 0 bridgehead atoms. The molecule has 0 atom stereocenters. The van der Waals surface area contributed by atoms with E-state index in [1.807, 2.05) is 0 Å². The molecule has 4 aromatic rings. The van der Waals surface area contributed by atoms with E-state index in [1.54, 1.807) is 0 Å². The molecule has 0 radical (unpaired) electrons. The van der Waals surface area contributed by atoms with Crippen LogP contribution < -0.4 is 4.90 Å². The van der Waals surface area contributed by atoms with Crippen LogP contribution in [0.15, 0.2) is 72.8 Å². The molecule has 1 aliphatic heterocycles. The fraction of sp³-hybridized carbons (Fsp3) is 0.240. The molecule has 2 heterocycles. The molecule has 1 aromatic heterocycles. The van der Waals surface area contributed by atoms with E-state index in [1.165, 1.54) is 40.3 Å². The second kappa shape index (κ2) is 6.70. The van der Waals surface area contributed by atoms with Crippen molar-refractivity contribution in [2.75, 3.05) is 18.0 Å². The number of benzene rings is 3.